The minimum Gasteiger partial charge on any atom is -0.339 e. The predicted octanol–water partition coefficient (Wildman–Crippen LogP) is 1.09. The van der Waals surface area contributed by atoms with Crippen molar-refractivity contribution in [1.29, 1.82) is 0 Å². The first-order valence-electron chi connectivity index (χ1n) is 9.92. The van der Waals surface area contributed by atoms with Gasteiger partial charge in [-0.3, -0.25) is 19.4 Å². The molecule has 1 N–H and O–H groups in total. The van der Waals surface area contributed by atoms with Gasteiger partial charge in [-0.15, -0.1) is 0 Å². The highest BCUT2D eigenvalue weighted by atomic mass is 16.2. The van der Waals surface area contributed by atoms with Crippen LogP contribution in [0.1, 0.15) is 30.1 Å². The second-order valence-corrected chi connectivity index (χ2v) is 7.46. The highest BCUT2D eigenvalue weighted by Gasteiger charge is 2.22. The molecule has 0 aromatic carbocycles. The fraction of sp³-hybridized carbons (Fsp3) is 0.550. The molecule has 2 aromatic heterocycles. The summed E-state index contributed by atoms with van der Waals surface area (Å²) < 4.78 is 1.80. The largest absolute Gasteiger partial charge is 0.339 e. The zero-order valence-electron chi connectivity index (χ0n) is 15.8. The standard InChI is InChI=1S/C20H28N6O/c27-20(16-26-9-6-19(23-26)17-4-3-7-21-14-17)25-12-10-24(11-13-25)15-18-5-1-2-8-22-18/h1-2,5-6,8-9,17,21H,3-4,7,10-16H2. The van der Waals surface area contributed by atoms with Crippen molar-refractivity contribution in [3.63, 3.8) is 0 Å². The highest BCUT2D eigenvalue weighted by molar-refractivity contribution is 5.76. The first kappa shape index (κ1) is 18.1. The van der Waals surface area contributed by atoms with E-state index in [0.717, 1.165) is 57.2 Å². The molecule has 2 aromatic rings. The van der Waals surface area contributed by atoms with Gasteiger partial charge >= 0.3 is 0 Å². The lowest BCUT2D eigenvalue weighted by Crippen LogP contribution is -2.49. The Bertz CT molecular complexity index is 732. The van der Waals surface area contributed by atoms with E-state index in [1.807, 2.05) is 29.4 Å². The summed E-state index contributed by atoms with van der Waals surface area (Å²) >= 11 is 0. The summed E-state index contributed by atoms with van der Waals surface area (Å²) in [6.07, 6.45) is 6.14. The van der Waals surface area contributed by atoms with Gasteiger partial charge in [0, 0.05) is 57.6 Å². The van der Waals surface area contributed by atoms with Crippen LogP contribution in [0.3, 0.4) is 0 Å². The number of piperidine rings is 1. The molecule has 0 bridgehead atoms. The Hall–Kier alpha value is -2.25. The Labute approximate surface area is 160 Å². The Balaban J connectivity index is 1.25. The van der Waals surface area contributed by atoms with Crippen LogP contribution in [0.4, 0.5) is 0 Å². The van der Waals surface area contributed by atoms with Gasteiger partial charge in [0.25, 0.3) is 0 Å². The normalized spacial score (nSPS) is 21.3. The third kappa shape index (κ3) is 4.73. The maximum absolute atomic E-state index is 12.6. The van der Waals surface area contributed by atoms with E-state index in [2.05, 4.69) is 32.4 Å². The molecule has 2 aliphatic heterocycles. The van der Waals surface area contributed by atoms with Crippen LogP contribution >= 0.6 is 0 Å². The highest BCUT2D eigenvalue weighted by Crippen LogP contribution is 2.21. The first-order chi connectivity index (χ1) is 13.3. The lowest BCUT2D eigenvalue weighted by molar-refractivity contribution is -0.133. The Kier molecular flexibility index (Phi) is 5.79. The monoisotopic (exact) mass is 368 g/mol. The number of nitrogens with one attached hydrogen (secondary N) is 1. The molecule has 1 unspecified atom stereocenters. The number of rotatable bonds is 5. The SMILES string of the molecule is O=C(Cn1ccc(C2CCCNC2)n1)N1CCN(Cc2ccccn2)CC1. The van der Waals surface area contributed by atoms with Gasteiger partial charge in [0.1, 0.15) is 6.54 Å². The van der Waals surface area contributed by atoms with E-state index in [4.69, 9.17) is 0 Å². The van der Waals surface area contributed by atoms with E-state index >= 15 is 0 Å². The topological polar surface area (TPSA) is 66.3 Å². The number of piperazine rings is 1. The fourth-order valence-corrected chi connectivity index (χ4v) is 3.90. The van der Waals surface area contributed by atoms with E-state index < -0.39 is 0 Å². The van der Waals surface area contributed by atoms with Crippen LogP contribution in [0.5, 0.6) is 0 Å². The van der Waals surface area contributed by atoms with E-state index in [0.29, 0.717) is 12.5 Å². The molecule has 0 saturated carbocycles. The molecular weight excluding hydrogens is 340 g/mol. The minimum absolute atomic E-state index is 0.156. The summed E-state index contributed by atoms with van der Waals surface area (Å²) in [5, 5.41) is 8.07. The van der Waals surface area contributed by atoms with Crippen molar-refractivity contribution in [2.24, 2.45) is 0 Å². The van der Waals surface area contributed by atoms with Crippen molar-refractivity contribution in [2.45, 2.75) is 31.8 Å². The third-order valence-electron chi connectivity index (χ3n) is 5.51. The van der Waals surface area contributed by atoms with Crippen LogP contribution in [-0.2, 0) is 17.9 Å². The smallest absolute Gasteiger partial charge is 0.244 e. The molecule has 2 aliphatic rings. The van der Waals surface area contributed by atoms with Crippen molar-refractivity contribution in [3.8, 4) is 0 Å². The summed E-state index contributed by atoms with van der Waals surface area (Å²) in [4.78, 5) is 21.3. The molecule has 0 spiro atoms. The summed E-state index contributed by atoms with van der Waals surface area (Å²) in [5.74, 6) is 0.633. The second kappa shape index (κ2) is 8.63. The van der Waals surface area contributed by atoms with Crippen molar-refractivity contribution >= 4 is 5.91 Å². The van der Waals surface area contributed by atoms with E-state index in [-0.39, 0.29) is 5.91 Å². The Morgan fingerprint density at radius 1 is 1.19 bits per heavy atom. The summed E-state index contributed by atoms with van der Waals surface area (Å²) in [7, 11) is 0. The van der Waals surface area contributed by atoms with Crippen molar-refractivity contribution in [2.75, 3.05) is 39.3 Å². The fourth-order valence-electron chi connectivity index (χ4n) is 3.90. The van der Waals surface area contributed by atoms with E-state index in [1.54, 1.807) is 4.68 Å². The van der Waals surface area contributed by atoms with Crippen LogP contribution in [0.25, 0.3) is 0 Å². The number of pyridine rings is 1. The number of amides is 1. The average molecular weight is 368 g/mol. The molecule has 7 heteroatoms. The van der Waals surface area contributed by atoms with Crippen molar-refractivity contribution < 1.29 is 4.79 Å². The summed E-state index contributed by atoms with van der Waals surface area (Å²) in [6.45, 7) is 6.59. The van der Waals surface area contributed by atoms with Crippen LogP contribution in [0.15, 0.2) is 36.7 Å². The summed E-state index contributed by atoms with van der Waals surface area (Å²) in [5.41, 5.74) is 2.19. The molecule has 27 heavy (non-hydrogen) atoms. The van der Waals surface area contributed by atoms with Crippen LogP contribution in [0.2, 0.25) is 0 Å². The molecule has 2 saturated heterocycles. The Morgan fingerprint density at radius 3 is 2.81 bits per heavy atom. The van der Waals surface area contributed by atoms with Gasteiger partial charge in [-0.05, 0) is 37.6 Å². The lowest BCUT2D eigenvalue weighted by Gasteiger charge is -2.34. The molecule has 0 radical (unpaired) electrons. The molecule has 1 amide bonds. The van der Waals surface area contributed by atoms with Gasteiger partial charge in [-0.1, -0.05) is 6.07 Å². The minimum atomic E-state index is 0.156. The van der Waals surface area contributed by atoms with Gasteiger partial charge in [0.2, 0.25) is 5.91 Å². The lowest BCUT2D eigenvalue weighted by atomic mass is 9.97. The molecule has 144 valence electrons. The molecule has 0 aliphatic carbocycles. The molecule has 4 rings (SSSR count). The van der Waals surface area contributed by atoms with Gasteiger partial charge in [0.15, 0.2) is 0 Å². The Morgan fingerprint density at radius 2 is 2.07 bits per heavy atom. The number of carbonyl (C=O) groups is 1. The van der Waals surface area contributed by atoms with Crippen molar-refractivity contribution in [3.05, 3.63) is 48.0 Å². The molecule has 2 fully saturated rings. The van der Waals surface area contributed by atoms with Crippen LogP contribution < -0.4 is 5.32 Å². The quantitative estimate of drug-likeness (QED) is 0.856. The maximum atomic E-state index is 12.6. The molecular formula is C20H28N6O. The number of aromatic nitrogens is 3. The number of carbonyl (C=O) groups excluding carboxylic acids is 1. The van der Waals surface area contributed by atoms with Gasteiger partial charge in [-0.2, -0.15) is 5.10 Å². The molecule has 1 atom stereocenters. The van der Waals surface area contributed by atoms with Crippen LogP contribution in [0, 0.1) is 0 Å². The van der Waals surface area contributed by atoms with Crippen LogP contribution in [-0.4, -0.2) is 69.7 Å². The third-order valence-corrected chi connectivity index (χ3v) is 5.51. The summed E-state index contributed by atoms with van der Waals surface area (Å²) in [6, 6.07) is 8.07. The van der Waals surface area contributed by atoms with E-state index in [1.165, 1.54) is 12.8 Å². The maximum Gasteiger partial charge on any atom is 0.244 e. The zero-order chi connectivity index (χ0) is 18.5. The molecule has 7 nitrogen and oxygen atoms in total. The number of hydrogen-bond acceptors (Lipinski definition) is 5. The first-order valence-corrected chi connectivity index (χ1v) is 9.92. The zero-order valence-corrected chi connectivity index (χ0v) is 15.8. The molecule has 4 heterocycles. The second-order valence-electron chi connectivity index (χ2n) is 7.46. The number of nitrogens with zero attached hydrogens (tertiary/aromatic N) is 5. The predicted molar refractivity (Wildman–Crippen MR) is 103 cm³/mol. The number of hydrogen-bond donors (Lipinski definition) is 1. The average Bonchev–Trinajstić information content (AvgIpc) is 3.18. The van der Waals surface area contributed by atoms with Crippen molar-refractivity contribution in [1.82, 2.24) is 29.9 Å². The van der Waals surface area contributed by atoms with Gasteiger partial charge < -0.3 is 10.2 Å². The van der Waals surface area contributed by atoms with E-state index in [9.17, 15) is 4.79 Å². The van der Waals surface area contributed by atoms with Gasteiger partial charge in [-0.25, -0.2) is 0 Å². The van der Waals surface area contributed by atoms with Gasteiger partial charge in [0.05, 0.1) is 11.4 Å².